The number of amides is 2. The maximum atomic E-state index is 11.8. The van der Waals surface area contributed by atoms with Gasteiger partial charge in [-0.05, 0) is 25.5 Å². The molecule has 0 aromatic carbocycles. The summed E-state index contributed by atoms with van der Waals surface area (Å²) in [6.07, 6.45) is 0.931. The van der Waals surface area contributed by atoms with Crippen LogP contribution in [0.1, 0.15) is 18.5 Å². The predicted molar refractivity (Wildman–Crippen MR) is 63.8 cm³/mol. The maximum absolute atomic E-state index is 11.8. The van der Waals surface area contributed by atoms with Crippen molar-refractivity contribution in [1.82, 2.24) is 10.3 Å². The molecule has 90 valence electrons. The molecule has 2 amide bonds. The van der Waals surface area contributed by atoms with Crippen molar-refractivity contribution >= 4 is 29.1 Å². The van der Waals surface area contributed by atoms with E-state index in [1.807, 2.05) is 0 Å². The highest BCUT2D eigenvalue weighted by molar-refractivity contribution is 6.29. The van der Waals surface area contributed by atoms with Crippen molar-refractivity contribution in [3.05, 3.63) is 23.0 Å². The monoisotopic (exact) mass is 253 g/mol. The molecule has 1 fully saturated rings. The van der Waals surface area contributed by atoms with Gasteiger partial charge in [0.15, 0.2) is 0 Å². The minimum atomic E-state index is -0.447. The molecule has 1 unspecified atom stereocenters. The Morgan fingerprint density at radius 1 is 1.59 bits per heavy atom. The molecule has 1 saturated heterocycles. The number of nitrogens with zero attached hydrogens (tertiary/aromatic N) is 1. The van der Waals surface area contributed by atoms with Gasteiger partial charge in [-0.3, -0.25) is 9.59 Å². The first-order valence-electron chi connectivity index (χ1n) is 5.29. The van der Waals surface area contributed by atoms with Crippen molar-refractivity contribution in [2.75, 3.05) is 5.32 Å². The molecule has 6 heteroatoms. The number of aromatic nitrogens is 1. The fourth-order valence-electron chi connectivity index (χ4n) is 1.69. The minimum Gasteiger partial charge on any atom is -0.344 e. The Kier molecular flexibility index (Phi) is 3.28. The number of nitrogens with one attached hydrogen (secondary N) is 2. The third kappa shape index (κ3) is 2.74. The Bertz CT molecular complexity index is 476. The van der Waals surface area contributed by atoms with Gasteiger partial charge in [-0.2, -0.15) is 0 Å². The molecule has 2 heterocycles. The minimum absolute atomic E-state index is 0.0869. The number of anilines is 1. The van der Waals surface area contributed by atoms with Gasteiger partial charge in [0.1, 0.15) is 11.2 Å². The van der Waals surface area contributed by atoms with Crippen LogP contribution in [0.2, 0.25) is 5.15 Å². The molecule has 2 N–H and O–H groups in total. The lowest BCUT2D eigenvalue weighted by Gasteiger charge is -2.12. The average Bonchev–Trinajstić information content (AvgIpc) is 2.69. The van der Waals surface area contributed by atoms with Crippen LogP contribution >= 0.6 is 11.6 Å². The third-order valence-corrected chi connectivity index (χ3v) is 2.83. The van der Waals surface area contributed by atoms with E-state index in [1.165, 1.54) is 0 Å². The molecule has 0 aliphatic carbocycles. The number of carbonyl (C=O) groups is 2. The second-order valence-corrected chi connectivity index (χ2v) is 4.30. The van der Waals surface area contributed by atoms with E-state index in [0.717, 1.165) is 0 Å². The summed E-state index contributed by atoms with van der Waals surface area (Å²) < 4.78 is 0. The largest absolute Gasteiger partial charge is 0.344 e. The van der Waals surface area contributed by atoms with Crippen LogP contribution in [-0.2, 0) is 9.59 Å². The Labute approximate surface area is 104 Å². The van der Waals surface area contributed by atoms with Crippen LogP contribution in [0.4, 0.5) is 5.69 Å². The van der Waals surface area contributed by atoms with Gasteiger partial charge in [0.05, 0.1) is 11.4 Å². The molecular formula is C11H12ClN3O2. The summed E-state index contributed by atoms with van der Waals surface area (Å²) in [5, 5.41) is 5.72. The van der Waals surface area contributed by atoms with Crippen LogP contribution in [0.5, 0.6) is 0 Å². The molecular weight excluding hydrogens is 242 g/mol. The van der Waals surface area contributed by atoms with Gasteiger partial charge in [0, 0.05) is 6.42 Å². The summed E-state index contributed by atoms with van der Waals surface area (Å²) in [5.41, 5.74) is 1.26. The van der Waals surface area contributed by atoms with E-state index in [4.69, 9.17) is 11.6 Å². The lowest BCUT2D eigenvalue weighted by molar-refractivity contribution is -0.122. The second kappa shape index (κ2) is 4.71. The van der Waals surface area contributed by atoms with E-state index in [0.29, 0.717) is 29.4 Å². The average molecular weight is 254 g/mol. The number of hydrogen-bond donors (Lipinski definition) is 2. The topological polar surface area (TPSA) is 71.1 Å². The standard InChI is InChI=1S/C11H12ClN3O2/c1-6-7(2-4-9(12)13-6)15-11(17)8-3-5-10(16)14-8/h2,4,8H,3,5H2,1H3,(H,14,16)(H,15,17). The SMILES string of the molecule is Cc1nc(Cl)ccc1NC(=O)C1CCC(=O)N1. The summed E-state index contributed by atoms with van der Waals surface area (Å²) in [6.45, 7) is 1.76. The zero-order valence-electron chi connectivity index (χ0n) is 9.29. The first-order chi connectivity index (χ1) is 8.06. The van der Waals surface area contributed by atoms with Crippen molar-refractivity contribution in [3.8, 4) is 0 Å². The van der Waals surface area contributed by atoms with Crippen LogP contribution in [0.25, 0.3) is 0 Å². The molecule has 0 spiro atoms. The zero-order valence-corrected chi connectivity index (χ0v) is 10.0. The molecule has 1 aromatic rings. The van der Waals surface area contributed by atoms with Gasteiger partial charge in [-0.1, -0.05) is 11.6 Å². The molecule has 0 saturated carbocycles. The number of hydrogen-bond acceptors (Lipinski definition) is 3. The molecule has 17 heavy (non-hydrogen) atoms. The van der Waals surface area contributed by atoms with Gasteiger partial charge in [-0.15, -0.1) is 0 Å². The molecule has 5 nitrogen and oxygen atoms in total. The van der Waals surface area contributed by atoms with E-state index in [9.17, 15) is 9.59 Å². The summed E-state index contributed by atoms with van der Waals surface area (Å²) >= 11 is 5.72. The van der Waals surface area contributed by atoms with Crippen LogP contribution < -0.4 is 10.6 Å². The highest BCUT2D eigenvalue weighted by Gasteiger charge is 2.27. The first-order valence-corrected chi connectivity index (χ1v) is 5.67. The number of pyridine rings is 1. The quantitative estimate of drug-likeness (QED) is 0.780. The zero-order chi connectivity index (χ0) is 12.4. The van der Waals surface area contributed by atoms with Gasteiger partial charge in [0.2, 0.25) is 11.8 Å². The normalized spacial score (nSPS) is 18.9. The lowest BCUT2D eigenvalue weighted by Crippen LogP contribution is -2.37. The van der Waals surface area contributed by atoms with E-state index >= 15 is 0 Å². The highest BCUT2D eigenvalue weighted by Crippen LogP contribution is 2.17. The number of rotatable bonds is 2. The molecule has 1 atom stereocenters. The Balaban J connectivity index is 2.05. The molecule has 0 radical (unpaired) electrons. The molecule has 0 bridgehead atoms. The summed E-state index contributed by atoms with van der Waals surface area (Å²) in [7, 11) is 0. The van der Waals surface area contributed by atoms with E-state index in [-0.39, 0.29) is 11.8 Å². The molecule has 1 aliphatic heterocycles. The summed E-state index contributed by atoms with van der Waals surface area (Å²) in [4.78, 5) is 26.8. The summed E-state index contributed by atoms with van der Waals surface area (Å²) in [5.74, 6) is -0.306. The molecule has 2 rings (SSSR count). The van der Waals surface area contributed by atoms with Gasteiger partial charge in [0.25, 0.3) is 0 Å². The van der Waals surface area contributed by atoms with Gasteiger partial charge >= 0.3 is 0 Å². The van der Waals surface area contributed by atoms with Crippen LogP contribution in [0.3, 0.4) is 0 Å². The van der Waals surface area contributed by atoms with Gasteiger partial charge in [-0.25, -0.2) is 4.98 Å². The number of aryl methyl sites for hydroxylation is 1. The highest BCUT2D eigenvalue weighted by atomic mass is 35.5. The predicted octanol–water partition coefficient (Wildman–Crippen LogP) is 1.26. The van der Waals surface area contributed by atoms with Crippen molar-refractivity contribution < 1.29 is 9.59 Å². The van der Waals surface area contributed by atoms with Gasteiger partial charge < -0.3 is 10.6 Å². The number of carbonyl (C=O) groups excluding carboxylic acids is 2. The smallest absolute Gasteiger partial charge is 0.247 e. The van der Waals surface area contributed by atoms with Crippen molar-refractivity contribution in [2.45, 2.75) is 25.8 Å². The third-order valence-electron chi connectivity index (χ3n) is 2.62. The van der Waals surface area contributed by atoms with E-state index in [1.54, 1.807) is 19.1 Å². The molecule has 1 aliphatic rings. The Hall–Kier alpha value is -1.62. The van der Waals surface area contributed by atoms with Crippen molar-refractivity contribution in [3.63, 3.8) is 0 Å². The fourth-order valence-corrected chi connectivity index (χ4v) is 1.88. The second-order valence-electron chi connectivity index (χ2n) is 3.91. The van der Waals surface area contributed by atoms with Crippen molar-refractivity contribution in [2.24, 2.45) is 0 Å². The maximum Gasteiger partial charge on any atom is 0.247 e. The van der Waals surface area contributed by atoms with Crippen LogP contribution in [0.15, 0.2) is 12.1 Å². The summed E-state index contributed by atoms with van der Waals surface area (Å²) in [6, 6.07) is 2.86. The lowest BCUT2D eigenvalue weighted by atomic mass is 10.2. The number of halogens is 1. The first kappa shape index (κ1) is 11.9. The Morgan fingerprint density at radius 2 is 2.35 bits per heavy atom. The Morgan fingerprint density at radius 3 is 2.94 bits per heavy atom. The van der Waals surface area contributed by atoms with Crippen LogP contribution in [0, 0.1) is 6.92 Å². The van der Waals surface area contributed by atoms with Crippen molar-refractivity contribution in [1.29, 1.82) is 0 Å². The van der Waals surface area contributed by atoms with E-state index < -0.39 is 6.04 Å². The van der Waals surface area contributed by atoms with Crippen LogP contribution in [-0.4, -0.2) is 22.8 Å². The fraction of sp³-hybridized carbons (Fsp3) is 0.364. The van der Waals surface area contributed by atoms with E-state index in [2.05, 4.69) is 15.6 Å². The molecule has 1 aromatic heterocycles.